The van der Waals surface area contributed by atoms with Gasteiger partial charge in [-0.15, -0.1) is 0 Å². The Hall–Kier alpha value is -1.26. The van der Waals surface area contributed by atoms with Crippen LogP contribution in [-0.2, 0) is 0 Å². The molecule has 0 fully saturated rings. The standard InChI is InChI=1S/C8H10F2N2O/c1-4(2)6-8(13)12-5(3-11-6)7(9)10/h3-4,7H,1-2H3,(H,12,13). The van der Waals surface area contributed by atoms with Crippen molar-refractivity contribution >= 4 is 0 Å². The van der Waals surface area contributed by atoms with Gasteiger partial charge in [-0.25, -0.2) is 13.8 Å². The van der Waals surface area contributed by atoms with Gasteiger partial charge >= 0.3 is 0 Å². The minimum absolute atomic E-state index is 0.0285. The summed E-state index contributed by atoms with van der Waals surface area (Å²) in [6, 6.07) is 0. The van der Waals surface area contributed by atoms with E-state index in [1.165, 1.54) is 0 Å². The molecule has 72 valence electrons. The van der Waals surface area contributed by atoms with E-state index < -0.39 is 18.0 Å². The van der Waals surface area contributed by atoms with E-state index in [9.17, 15) is 13.9 Å². The summed E-state index contributed by atoms with van der Waals surface area (Å²) in [7, 11) is 0. The van der Waals surface area contributed by atoms with Gasteiger partial charge in [-0.2, -0.15) is 0 Å². The van der Waals surface area contributed by atoms with Crippen LogP contribution in [0.25, 0.3) is 0 Å². The highest BCUT2D eigenvalue weighted by atomic mass is 19.3. The molecule has 0 saturated carbocycles. The molecule has 0 aliphatic carbocycles. The van der Waals surface area contributed by atoms with Gasteiger partial charge in [0.25, 0.3) is 6.43 Å². The van der Waals surface area contributed by atoms with Gasteiger partial charge in [-0.05, 0) is 0 Å². The van der Waals surface area contributed by atoms with Crippen LogP contribution in [0.2, 0.25) is 0 Å². The first kappa shape index (κ1) is 9.83. The number of hydrogen-bond donors (Lipinski definition) is 1. The van der Waals surface area contributed by atoms with Gasteiger partial charge in [-0.3, -0.25) is 4.98 Å². The zero-order valence-corrected chi connectivity index (χ0v) is 7.33. The first-order valence-electron chi connectivity index (χ1n) is 3.86. The van der Waals surface area contributed by atoms with Crippen molar-refractivity contribution in [2.75, 3.05) is 0 Å². The Morgan fingerprint density at radius 1 is 1.38 bits per heavy atom. The van der Waals surface area contributed by atoms with E-state index in [1.54, 1.807) is 13.8 Å². The van der Waals surface area contributed by atoms with Crippen LogP contribution in [0.4, 0.5) is 8.78 Å². The van der Waals surface area contributed by atoms with Gasteiger partial charge in [0.2, 0.25) is 5.88 Å². The van der Waals surface area contributed by atoms with Crippen LogP contribution in [-0.4, -0.2) is 15.1 Å². The van der Waals surface area contributed by atoms with Crippen molar-refractivity contribution in [3.05, 3.63) is 17.6 Å². The maximum absolute atomic E-state index is 12.1. The van der Waals surface area contributed by atoms with Crippen LogP contribution in [0.1, 0.15) is 37.6 Å². The summed E-state index contributed by atoms with van der Waals surface area (Å²) in [5.74, 6) is -0.438. The molecule has 0 aliphatic rings. The van der Waals surface area contributed by atoms with Crippen LogP contribution in [0.5, 0.6) is 5.88 Å². The Kier molecular flexibility index (Phi) is 2.75. The molecule has 0 spiro atoms. The van der Waals surface area contributed by atoms with Crippen LogP contribution >= 0.6 is 0 Å². The molecule has 1 rings (SSSR count). The van der Waals surface area contributed by atoms with Gasteiger partial charge in [0, 0.05) is 5.92 Å². The molecule has 0 atom stereocenters. The van der Waals surface area contributed by atoms with Crippen molar-refractivity contribution in [2.45, 2.75) is 26.2 Å². The molecule has 5 heteroatoms. The Morgan fingerprint density at radius 3 is 2.38 bits per heavy atom. The topological polar surface area (TPSA) is 46.0 Å². The van der Waals surface area contributed by atoms with Crippen LogP contribution in [0.15, 0.2) is 6.20 Å². The number of aromatic nitrogens is 2. The van der Waals surface area contributed by atoms with E-state index in [0.29, 0.717) is 5.69 Å². The van der Waals surface area contributed by atoms with E-state index in [-0.39, 0.29) is 5.92 Å². The van der Waals surface area contributed by atoms with Crippen molar-refractivity contribution in [3.8, 4) is 5.88 Å². The van der Waals surface area contributed by atoms with E-state index >= 15 is 0 Å². The second-order valence-electron chi connectivity index (χ2n) is 2.96. The zero-order valence-electron chi connectivity index (χ0n) is 7.33. The number of aromatic hydroxyl groups is 1. The highest BCUT2D eigenvalue weighted by molar-refractivity contribution is 5.21. The molecule has 0 aliphatic heterocycles. The summed E-state index contributed by atoms with van der Waals surface area (Å²) in [4.78, 5) is 7.04. The third-order valence-corrected chi connectivity index (χ3v) is 1.57. The van der Waals surface area contributed by atoms with Crippen molar-refractivity contribution < 1.29 is 13.9 Å². The Balaban J connectivity index is 3.06. The molecule has 0 saturated heterocycles. The molecule has 1 aromatic rings. The number of nitrogens with zero attached hydrogens (tertiary/aromatic N) is 2. The summed E-state index contributed by atoms with van der Waals surface area (Å²) in [6.45, 7) is 3.59. The van der Waals surface area contributed by atoms with Gasteiger partial charge in [0.05, 0.1) is 6.20 Å². The lowest BCUT2D eigenvalue weighted by Gasteiger charge is -2.06. The molecule has 13 heavy (non-hydrogen) atoms. The molecule has 1 N–H and O–H groups in total. The molecule has 1 aromatic heterocycles. The lowest BCUT2D eigenvalue weighted by molar-refractivity contribution is 0.144. The summed E-state index contributed by atoms with van der Waals surface area (Å²) >= 11 is 0. The smallest absolute Gasteiger partial charge is 0.282 e. The summed E-state index contributed by atoms with van der Waals surface area (Å²) in [5, 5.41) is 9.20. The fourth-order valence-electron chi connectivity index (χ4n) is 0.914. The largest absolute Gasteiger partial charge is 0.492 e. The SMILES string of the molecule is CC(C)c1ncc(C(F)F)nc1O. The normalized spacial score (nSPS) is 11.2. The maximum atomic E-state index is 12.1. The molecule has 0 unspecified atom stereocenters. The van der Waals surface area contributed by atoms with Crippen molar-refractivity contribution in [2.24, 2.45) is 0 Å². The second kappa shape index (κ2) is 3.64. The predicted molar refractivity (Wildman–Crippen MR) is 42.7 cm³/mol. The Labute approximate surface area is 74.5 Å². The average molecular weight is 188 g/mol. The van der Waals surface area contributed by atoms with E-state index in [4.69, 9.17) is 0 Å². The molecular formula is C8H10F2N2O. The third kappa shape index (κ3) is 2.11. The molecule has 0 bridgehead atoms. The highest BCUT2D eigenvalue weighted by Gasteiger charge is 2.14. The second-order valence-corrected chi connectivity index (χ2v) is 2.96. The van der Waals surface area contributed by atoms with Gasteiger partial charge < -0.3 is 5.11 Å². The maximum Gasteiger partial charge on any atom is 0.282 e. The van der Waals surface area contributed by atoms with Crippen molar-refractivity contribution in [3.63, 3.8) is 0 Å². The molecule has 1 heterocycles. The van der Waals surface area contributed by atoms with Gasteiger partial charge in [-0.1, -0.05) is 13.8 Å². The molecular weight excluding hydrogens is 178 g/mol. The molecule has 3 nitrogen and oxygen atoms in total. The molecule has 0 amide bonds. The summed E-state index contributed by atoms with van der Waals surface area (Å²) in [6.07, 6.45) is -1.71. The molecule has 0 aromatic carbocycles. The van der Waals surface area contributed by atoms with Crippen molar-refractivity contribution in [1.29, 1.82) is 0 Å². The quantitative estimate of drug-likeness (QED) is 0.774. The van der Waals surface area contributed by atoms with Gasteiger partial charge in [0.1, 0.15) is 11.4 Å². The summed E-state index contributed by atoms with van der Waals surface area (Å²) in [5.41, 5.74) is -0.161. The van der Waals surface area contributed by atoms with E-state index in [1.807, 2.05) is 0 Å². The Morgan fingerprint density at radius 2 is 2.00 bits per heavy atom. The predicted octanol–water partition coefficient (Wildman–Crippen LogP) is 2.24. The van der Waals surface area contributed by atoms with Crippen LogP contribution in [0, 0.1) is 0 Å². The highest BCUT2D eigenvalue weighted by Crippen LogP contribution is 2.24. The fraction of sp³-hybridized carbons (Fsp3) is 0.500. The lowest BCUT2D eigenvalue weighted by Crippen LogP contribution is -1.99. The lowest BCUT2D eigenvalue weighted by atomic mass is 10.1. The zero-order chi connectivity index (χ0) is 10.0. The number of hydrogen-bond acceptors (Lipinski definition) is 3. The minimum atomic E-state index is -2.69. The average Bonchev–Trinajstić information content (AvgIpc) is 2.03. The fourth-order valence-corrected chi connectivity index (χ4v) is 0.914. The van der Waals surface area contributed by atoms with E-state index in [0.717, 1.165) is 6.20 Å². The number of halogens is 2. The summed E-state index contributed by atoms with van der Waals surface area (Å²) < 4.78 is 24.1. The monoisotopic (exact) mass is 188 g/mol. The first-order valence-corrected chi connectivity index (χ1v) is 3.86. The van der Waals surface area contributed by atoms with Crippen molar-refractivity contribution in [1.82, 2.24) is 9.97 Å². The van der Waals surface area contributed by atoms with Crippen LogP contribution < -0.4 is 0 Å². The number of rotatable bonds is 2. The Bertz CT molecular complexity index is 302. The van der Waals surface area contributed by atoms with Gasteiger partial charge in [0.15, 0.2) is 0 Å². The van der Waals surface area contributed by atoms with Crippen LogP contribution in [0.3, 0.4) is 0 Å². The minimum Gasteiger partial charge on any atom is -0.492 e. The first-order chi connectivity index (χ1) is 6.02. The molecule has 0 radical (unpaired) electrons. The third-order valence-electron chi connectivity index (χ3n) is 1.57. The number of alkyl halides is 2. The van der Waals surface area contributed by atoms with E-state index in [2.05, 4.69) is 9.97 Å².